The molecule has 5 rings (SSSR count). The Bertz CT molecular complexity index is 1630. The quantitative estimate of drug-likeness (QED) is 0.338. The van der Waals surface area contributed by atoms with Crippen LogP contribution in [-0.2, 0) is 7.05 Å². The van der Waals surface area contributed by atoms with Gasteiger partial charge in [0.1, 0.15) is 17.6 Å². The number of carbonyl (C=O) groups excluding carboxylic acids is 1. The summed E-state index contributed by atoms with van der Waals surface area (Å²) in [6.45, 7) is 5.89. The summed E-state index contributed by atoms with van der Waals surface area (Å²) in [4.78, 5) is 42.0. The van der Waals surface area contributed by atoms with E-state index in [0.717, 1.165) is 5.56 Å². The fourth-order valence-corrected chi connectivity index (χ4v) is 5.09. The molecule has 216 valence electrons. The first-order valence-corrected chi connectivity index (χ1v) is 13.5. The maximum absolute atomic E-state index is 14.0. The monoisotopic (exact) mass is 600 g/mol. The second-order valence-corrected chi connectivity index (χ2v) is 10.2. The van der Waals surface area contributed by atoms with Crippen molar-refractivity contribution < 1.29 is 19.4 Å². The number of amides is 1. The number of aliphatic hydroxyl groups is 1. The Kier molecular flexibility index (Phi) is 9.01. The first kappa shape index (κ1) is 30.0. The number of carbonyl (C=O) groups is 1. The lowest BCUT2D eigenvalue weighted by molar-refractivity contribution is 0.0989. The molecule has 0 aliphatic carbocycles. The summed E-state index contributed by atoms with van der Waals surface area (Å²) >= 11 is 12.5. The summed E-state index contributed by atoms with van der Waals surface area (Å²) in [6, 6.07) is 7.94. The summed E-state index contributed by atoms with van der Waals surface area (Å²) in [5.74, 6) is 0.266. The van der Waals surface area contributed by atoms with Gasteiger partial charge < -0.3 is 23.7 Å². The van der Waals surface area contributed by atoms with Crippen molar-refractivity contribution >= 4 is 34.8 Å². The highest BCUT2D eigenvalue weighted by atomic mass is 35.5. The number of ether oxygens (including phenoxy) is 2. The van der Waals surface area contributed by atoms with Gasteiger partial charge in [0.05, 0.1) is 30.5 Å². The molecule has 1 amide bonds. The summed E-state index contributed by atoms with van der Waals surface area (Å²) in [5, 5.41) is 8.43. The number of anilines is 1. The van der Waals surface area contributed by atoms with Crippen LogP contribution in [0.3, 0.4) is 0 Å². The molecule has 13 heteroatoms. The average molecular weight is 601 g/mol. The van der Waals surface area contributed by atoms with Crippen LogP contribution in [0.1, 0.15) is 54.6 Å². The van der Waals surface area contributed by atoms with Crippen molar-refractivity contribution in [2.24, 2.45) is 7.05 Å². The third-order valence-electron chi connectivity index (χ3n) is 6.33. The maximum Gasteiger partial charge on any atom is 0.319 e. The fraction of sp³-hybridized carbons (Fsp3) is 0.321. The molecule has 3 aromatic heterocycles. The summed E-state index contributed by atoms with van der Waals surface area (Å²) in [7, 11) is 4.53. The second kappa shape index (κ2) is 12.3. The summed E-state index contributed by atoms with van der Waals surface area (Å²) in [6.07, 6.45) is 3.05. The van der Waals surface area contributed by atoms with Crippen LogP contribution in [0.4, 0.5) is 5.69 Å². The molecule has 1 aliphatic heterocycles. The number of hydrogen-bond acceptors (Lipinski definition) is 8. The third kappa shape index (κ3) is 5.52. The minimum atomic E-state index is -0.685. The Balaban J connectivity index is 0.00000124. The van der Waals surface area contributed by atoms with E-state index in [1.54, 1.807) is 32.3 Å². The standard InChI is InChI=1S/C26H24Cl2N6O4.C2H6O/c1-13(2)33-21-19(30-22(33)17-11-29-26(38-5)31-23(17)37-4)25(36)34(18-10-16(28)12-32(3)24(18)35)20(21)14-6-8-15(27)9-7-14;1-2-3/h6-13,20H,1-5H3;3H,2H2,1H3/t20-;/m0./s1. The Morgan fingerprint density at radius 3 is 2.29 bits per heavy atom. The van der Waals surface area contributed by atoms with Crippen molar-refractivity contribution in [2.75, 3.05) is 25.7 Å². The van der Waals surface area contributed by atoms with Gasteiger partial charge in [-0.05, 0) is 44.5 Å². The van der Waals surface area contributed by atoms with Crippen LogP contribution in [0.15, 0.2) is 47.5 Å². The zero-order valence-electron chi connectivity index (χ0n) is 23.4. The van der Waals surface area contributed by atoms with E-state index < -0.39 is 11.9 Å². The molecule has 41 heavy (non-hydrogen) atoms. The molecule has 1 aromatic carbocycles. The van der Waals surface area contributed by atoms with E-state index >= 15 is 0 Å². The summed E-state index contributed by atoms with van der Waals surface area (Å²) < 4.78 is 13.9. The first-order chi connectivity index (χ1) is 19.6. The van der Waals surface area contributed by atoms with Crippen molar-refractivity contribution in [3.05, 3.63) is 80.1 Å². The highest BCUT2D eigenvalue weighted by molar-refractivity contribution is 6.31. The Labute approximate surface area is 246 Å². The molecule has 1 atom stereocenters. The molecule has 0 radical (unpaired) electrons. The van der Waals surface area contributed by atoms with Crippen molar-refractivity contribution in [2.45, 2.75) is 32.9 Å². The molecular weight excluding hydrogens is 571 g/mol. The molecule has 0 saturated carbocycles. The van der Waals surface area contributed by atoms with Crippen LogP contribution in [0.5, 0.6) is 11.9 Å². The molecule has 4 heterocycles. The number of aliphatic hydroxyl groups excluding tert-OH is 1. The molecule has 1 N–H and O–H groups in total. The highest BCUT2D eigenvalue weighted by Crippen LogP contribution is 2.45. The number of rotatable bonds is 6. The second-order valence-electron chi connectivity index (χ2n) is 9.32. The SMILES string of the molecule is CCO.COc1ncc(-c2nc3c(n2C(C)C)[C@H](c2ccc(Cl)cc2)N(c2cc(Cl)cn(C)c2=O)C3=O)c(OC)n1. The molecule has 0 saturated heterocycles. The average Bonchev–Trinajstić information content (AvgIpc) is 3.46. The molecule has 1 aliphatic rings. The van der Waals surface area contributed by atoms with Gasteiger partial charge >= 0.3 is 6.01 Å². The van der Waals surface area contributed by atoms with Gasteiger partial charge in [0.2, 0.25) is 5.88 Å². The highest BCUT2D eigenvalue weighted by Gasteiger charge is 2.46. The van der Waals surface area contributed by atoms with Gasteiger partial charge in [-0.15, -0.1) is 0 Å². The summed E-state index contributed by atoms with van der Waals surface area (Å²) in [5.41, 5.74) is 1.83. The van der Waals surface area contributed by atoms with Crippen molar-refractivity contribution in [1.82, 2.24) is 24.1 Å². The molecule has 0 spiro atoms. The lowest BCUT2D eigenvalue weighted by Gasteiger charge is -2.28. The van der Waals surface area contributed by atoms with Crippen LogP contribution in [0.25, 0.3) is 11.4 Å². The molecule has 0 bridgehead atoms. The van der Waals surface area contributed by atoms with Gasteiger partial charge in [-0.1, -0.05) is 35.3 Å². The van der Waals surface area contributed by atoms with Crippen LogP contribution in [0, 0.1) is 0 Å². The molecule has 4 aromatic rings. The molecular formula is C28H30Cl2N6O5. The number of nitrogens with zero attached hydrogens (tertiary/aromatic N) is 6. The van der Waals surface area contributed by atoms with Gasteiger partial charge in [-0.3, -0.25) is 14.5 Å². The van der Waals surface area contributed by atoms with E-state index in [2.05, 4.69) is 9.97 Å². The van der Waals surface area contributed by atoms with Gasteiger partial charge in [0.15, 0.2) is 5.69 Å². The fourth-order valence-electron chi connectivity index (χ4n) is 4.72. The van der Waals surface area contributed by atoms with Crippen LogP contribution >= 0.6 is 23.2 Å². The number of halogens is 2. The van der Waals surface area contributed by atoms with E-state index in [4.69, 9.17) is 42.8 Å². The first-order valence-electron chi connectivity index (χ1n) is 12.7. The van der Waals surface area contributed by atoms with Crippen molar-refractivity contribution in [3.8, 4) is 23.3 Å². The van der Waals surface area contributed by atoms with Crippen molar-refractivity contribution in [1.29, 1.82) is 0 Å². The largest absolute Gasteiger partial charge is 0.480 e. The number of fused-ring (bicyclic) bond motifs is 1. The van der Waals surface area contributed by atoms with Gasteiger partial charge in [-0.25, -0.2) is 9.97 Å². The predicted molar refractivity (Wildman–Crippen MR) is 156 cm³/mol. The maximum atomic E-state index is 14.0. The molecule has 0 unspecified atom stereocenters. The number of aromatic nitrogens is 5. The lowest BCUT2D eigenvalue weighted by atomic mass is 10.0. The van der Waals surface area contributed by atoms with Crippen LogP contribution in [-0.4, -0.2) is 55.9 Å². The zero-order valence-corrected chi connectivity index (χ0v) is 24.9. The normalized spacial score (nSPS) is 14.1. The number of pyridine rings is 1. The third-order valence-corrected chi connectivity index (χ3v) is 6.79. The van der Waals surface area contributed by atoms with E-state index in [1.807, 2.05) is 30.5 Å². The number of aryl methyl sites for hydroxylation is 1. The Morgan fingerprint density at radius 1 is 1.05 bits per heavy atom. The Morgan fingerprint density at radius 2 is 1.71 bits per heavy atom. The van der Waals surface area contributed by atoms with E-state index in [1.165, 1.54) is 35.9 Å². The lowest BCUT2D eigenvalue weighted by Crippen LogP contribution is -2.36. The van der Waals surface area contributed by atoms with Gasteiger partial charge in [0, 0.05) is 37.1 Å². The predicted octanol–water partition coefficient (Wildman–Crippen LogP) is 4.69. The van der Waals surface area contributed by atoms with E-state index in [-0.39, 0.29) is 41.5 Å². The number of hydrogen-bond donors (Lipinski definition) is 1. The van der Waals surface area contributed by atoms with Gasteiger partial charge in [0.25, 0.3) is 11.5 Å². The topological polar surface area (TPSA) is 125 Å². The van der Waals surface area contributed by atoms with Crippen LogP contribution in [0.2, 0.25) is 10.0 Å². The minimum Gasteiger partial charge on any atom is -0.480 e. The van der Waals surface area contributed by atoms with E-state index in [9.17, 15) is 9.59 Å². The minimum absolute atomic E-state index is 0.138. The smallest absolute Gasteiger partial charge is 0.319 e. The van der Waals surface area contributed by atoms with Crippen molar-refractivity contribution in [3.63, 3.8) is 0 Å². The van der Waals surface area contributed by atoms with E-state index in [0.29, 0.717) is 27.1 Å². The molecule has 11 nitrogen and oxygen atoms in total. The Hall–Kier alpha value is -3.93. The number of benzene rings is 1. The van der Waals surface area contributed by atoms with Crippen LogP contribution < -0.4 is 19.9 Å². The number of methoxy groups -OCH3 is 2. The van der Waals surface area contributed by atoms with Gasteiger partial charge in [-0.2, -0.15) is 4.98 Å². The molecule has 0 fully saturated rings. The number of imidazole rings is 1. The zero-order chi connectivity index (χ0) is 30.0.